The van der Waals surface area contributed by atoms with E-state index in [1.54, 1.807) is 18.2 Å². The predicted octanol–water partition coefficient (Wildman–Crippen LogP) is 3.92. The fourth-order valence-electron chi connectivity index (χ4n) is 3.39. The van der Waals surface area contributed by atoms with Crippen LogP contribution < -0.4 is 5.32 Å². The van der Waals surface area contributed by atoms with Crippen molar-refractivity contribution in [1.29, 1.82) is 0 Å². The van der Waals surface area contributed by atoms with Crippen molar-refractivity contribution < 1.29 is 4.92 Å². The first-order valence-corrected chi connectivity index (χ1v) is 8.39. The third kappa shape index (κ3) is 3.92. The van der Waals surface area contributed by atoms with E-state index in [4.69, 9.17) is 0 Å². The van der Waals surface area contributed by atoms with Crippen molar-refractivity contribution in [2.75, 3.05) is 18.4 Å². The van der Waals surface area contributed by atoms with E-state index < -0.39 is 0 Å². The van der Waals surface area contributed by atoms with E-state index in [-0.39, 0.29) is 16.7 Å². The third-order valence-corrected chi connectivity index (χ3v) is 4.68. The number of likely N-dealkylation sites (tertiary alicyclic amines) is 1. The molecule has 0 aromatic heterocycles. The van der Waals surface area contributed by atoms with Crippen LogP contribution in [0.2, 0.25) is 0 Å². The standard InChI is InChI=1S/C19H23N3O2/c1-15-13-21(14-16-7-3-2-4-8-16)12-11-17(15)20-18-9-5-6-10-19(18)22(23)24/h2-10,15,17,20H,11-14H2,1H3/t15-,17-/m0/s1. The highest BCUT2D eigenvalue weighted by Gasteiger charge is 2.27. The predicted molar refractivity (Wildman–Crippen MR) is 96.0 cm³/mol. The number of benzene rings is 2. The molecular formula is C19H23N3O2. The molecule has 2 aromatic rings. The topological polar surface area (TPSA) is 58.4 Å². The number of nitrogens with one attached hydrogen (secondary N) is 1. The Morgan fingerprint density at radius 3 is 2.58 bits per heavy atom. The zero-order valence-electron chi connectivity index (χ0n) is 13.9. The fraction of sp³-hybridized carbons (Fsp3) is 0.368. The van der Waals surface area contributed by atoms with E-state index in [1.807, 2.05) is 12.1 Å². The molecule has 5 nitrogen and oxygen atoms in total. The van der Waals surface area contributed by atoms with Gasteiger partial charge in [-0.25, -0.2) is 0 Å². The number of rotatable bonds is 5. The number of piperidine rings is 1. The molecule has 1 saturated heterocycles. The average Bonchev–Trinajstić information content (AvgIpc) is 2.58. The van der Waals surface area contributed by atoms with Gasteiger partial charge in [0.15, 0.2) is 0 Å². The van der Waals surface area contributed by atoms with Gasteiger partial charge in [-0.05, 0) is 24.0 Å². The monoisotopic (exact) mass is 325 g/mol. The minimum absolute atomic E-state index is 0.149. The maximum Gasteiger partial charge on any atom is 0.292 e. The maximum absolute atomic E-state index is 11.2. The van der Waals surface area contributed by atoms with E-state index in [1.165, 1.54) is 5.56 Å². The first-order chi connectivity index (χ1) is 11.6. The van der Waals surface area contributed by atoms with E-state index >= 15 is 0 Å². The zero-order chi connectivity index (χ0) is 16.9. The number of nitro benzene ring substituents is 1. The van der Waals surface area contributed by atoms with Gasteiger partial charge in [0.2, 0.25) is 0 Å². The van der Waals surface area contributed by atoms with E-state index in [9.17, 15) is 10.1 Å². The maximum atomic E-state index is 11.2. The Balaban J connectivity index is 1.61. The smallest absolute Gasteiger partial charge is 0.292 e. The van der Waals surface area contributed by atoms with Crippen LogP contribution in [0.25, 0.3) is 0 Å². The molecule has 1 N–H and O–H groups in total. The van der Waals surface area contributed by atoms with Gasteiger partial charge in [-0.1, -0.05) is 49.4 Å². The van der Waals surface area contributed by atoms with Crippen LogP contribution in [0.3, 0.4) is 0 Å². The normalized spacial score (nSPS) is 21.4. The van der Waals surface area contributed by atoms with Crippen LogP contribution in [0.15, 0.2) is 54.6 Å². The van der Waals surface area contributed by atoms with Gasteiger partial charge in [0.05, 0.1) is 4.92 Å². The number of hydrogen-bond donors (Lipinski definition) is 1. The lowest BCUT2D eigenvalue weighted by Crippen LogP contribution is -2.44. The molecule has 0 spiro atoms. The van der Waals surface area contributed by atoms with Crippen molar-refractivity contribution in [1.82, 2.24) is 4.90 Å². The summed E-state index contributed by atoms with van der Waals surface area (Å²) in [5.41, 5.74) is 2.10. The SMILES string of the molecule is C[C@H]1CN(Cc2ccccc2)CC[C@@H]1Nc1ccccc1[N+](=O)[O-]. The Bertz CT molecular complexity index is 690. The van der Waals surface area contributed by atoms with E-state index in [2.05, 4.69) is 41.4 Å². The second-order valence-electron chi connectivity index (χ2n) is 6.51. The Morgan fingerprint density at radius 1 is 1.17 bits per heavy atom. The van der Waals surface area contributed by atoms with Crippen LogP contribution in [0, 0.1) is 16.0 Å². The highest BCUT2D eigenvalue weighted by molar-refractivity contribution is 5.61. The van der Waals surface area contributed by atoms with Gasteiger partial charge in [-0.3, -0.25) is 15.0 Å². The number of anilines is 1. The summed E-state index contributed by atoms with van der Waals surface area (Å²) >= 11 is 0. The highest BCUT2D eigenvalue weighted by Crippen LogP contribution is 2.28. The number of nitrogens with zero attached hydrogens (tertiary/aromatic N) is 2. The second-order valence-corrected chi connectivity index (χ2v) is 6.51. The first kappa shape index (κ1) is 16.5. The lowest BCUT2D eigenvalue weighted by atomic mass is 9.93. The molecule has 0 aliphatic carbocycles. The van der Waals surface area contributed by atoms with Gasteiger partial charge in [0.25, 0.3) is 5.69 Å². The molecule has 24 heavy (non-hydrogen) atoms. The number of para-hydroxylation sites is 2. The van der Waals surface area contributed by atoms with Crippen LogP contribution in [0.1, 0.15) is 18.9 Å². The molecule has 0 radical (unpaired) electrons. The number of hydrogen-bond acceptors (Lipinski definition) is 4. The molecule has 0 amide bonds. The lowest BCUT2D eigenvalue weighted by molar-refractivity contribution is -0.384. The lowest BCUT2D eigenvalue weighted by Gasteiger charge is -2.37. The summed E-state index contributed by atoms with van der Waals surface area (Å²) in [4.78, 5) is 13.3. The van der Waals surface area contributed by atoms with Crippen molar-refractivity contribution in [3.63, 3.8) is 0 Å². The first-order valence-electron chi connectivity index (χ1n) is 8.39. The van der Waals surface area contributed by atoms with Crippen LogP contribution in [0.4, 0.5) is 11.4 Å². The van der Waals surface area contributed by atoms with Gasteiger partial charge in [-0.2, -0.15) is 0 Å². The molecule has 5 heteroatoms. The molecule has 3 rings (SSSR count). The molecule has 1 heterocycles. The van der Waals surface area contributed by atoms with Crippen molar-refractivity contribution in [3.05, 3.63) is 70.3 Å². The quantitative estimate of drug-likeness (QED) is 0.669. The Morgan fingerprint density at radius 2 is 1.88 bits per heavy atom. The molecule has 126 valence electrons. The summed E-state index contributed by atoms with van der Waals surface area (Å²) in [5, 5.41) is 14.6. The van der Waals surface area contributed by atoms with Gasteiger partial charge < -0.3 is 5.32 Å². The van der Waals surface area contributed by atoms with Gasteiger partial charge in [0.1, 0.15) is 5.69 Å². The Hall–Kier alpha value is -2.40. The largest absolute Gasteiger partial charge is 0.376 e. The zero-order valence-corrected chi connectivity index (χ0v) is 13.9. The van der Waals surface area contributed by atoms with Crippen LogP contribution in [-0.2, 0) is 6.54 Å². The molecule has 1 aliphatic rings. The van der Waals surface area contributed by atoms with E-state index in [0.717, 1.165) is 26.1 Å². The molecule has 2 atom stereocenters. The van der Waals surface area contributed by atoms with E-state index in [0.29, 0.717) is 11.6 Å². The summed E-state index contributed by atoms with van der Waals surface area (Å²) in [6.07, 6.45) is 0.986. The highest BCUT2D eigenvalue weighted by atomic mass is 16.6. The van der Waals surface area contributed by atoms with Gasteiger partial charge >= 0.3 is 0 Å². The minimum Gasteiger partial charge on any atom is -0.376 e. The molecule has 2 aromatic carbocycles. The molecular weight excluding hydrogens is 302 g/mol. The summed E-state index contributed by atoms with van der Waals surface area (Å²) in [6, 6.07) is 17.6. The molecule has 0 bridgehead atoms. The summed E-state index contributed by atoms with van der Waals surface area (Å²) in [5.74, 6) is 0.433. The van der Waals surface area contributed by atoms with Crippen LogP contribution in [0.5, 0.6) is 0 Å². The summed E-state index contributed by atoms with van der Waals surface area (Å²) in [7, 11) is 0. The molecule has 0 unspecified atom stereocenters. The fourth-order valence-corrected chi connectivity index (χ4v) is 3.39. The van der Waals surface area contributed by atoms with Gasteiger partial charge in [-0.15, -0.1) is 0 Å². The summed E-state index contributed by atoms with van der Waals surface area (Å²) in [6.45, 7) is 5.16. The number of nitro groups is 1. The molecule has 1 fully saturated rings. The third-order valence-electron chi connectivity index (χ3n) is 4.68. The molecule has 1 aliphatic heterocycles. The van der Waals surface area contributed by atoms with Crippen LogP contribution >= 0.6 is 0 Å². The summed E-state index contributed by atoms with van der Waals surface area (Å²) < 4.78 is 0. The van der Waals surface area contributed by atoms with Crippen molar-refractivity contribution >= 4 is 11.4 Å². The van der Waals surface area contributed by atoms with Crippen molar-refractivity contribution in [2.45, 2.75) is 25.9 Å². The Kier molecular flexibility index (Phi) is 5.11. The molecule has 0 saturated carbocycles. The average molecular weight is 325 g/mol. The minimum atomic E-state index is -0.322. The van der Waals surface area contributed by atoms with Crippen molar-refractivity contribution in [2.24, 2.45) is 5.92 Å². The van der Waals surface area contributed by atoms with Crippen molar-refractivity contribution in [3.8, 4) is 0 Å². The van der Waals surface area contributed by atoms with Gasteiger partial charge in [0, 0.05) is 31.7 Å². The second kappa shape index (κ2) is 7.45. The Labute approximate surface area is 142 Å². The van der Waals surface area contributed by atoms with Crippen LogP contribution in [-0.4, -0.2) is 29.0 Å².